The van der Waals surface area contributed by atoms with Crippen molar-refractivity contribution in [3.63, 3.8) is 0 Å². The molecule has 9 heteroatoms. The molecule has 3 rings (SSSR count). The standard InChI is InChI=1S/C16H19FN6O2/c17-13-10-18-2-1-12(13)16(24)20-4-3-19-14-9-15(22-11-21-14)23-5-7-25-8-6-23/h1-2,9-11H,3-8H2,(H,20,24)(H,19,21,22). The summed E-state index contributed by atoms with van der Waals surface area (Å²) >= 11 is 0. The van der Waals surface area contributed by atoms with Crippen LogP contribution in [-0.4, -0.2) is 60.3 Å². The highest BCUT2D eigenvalue weighted by Gasteiger charge is 2.13. The fourth-order valence-corrected chi connectivity index (χ4v) is 2.43. The number of ether oxygens (including phenoxy) is 1. The van der Waals surface area contributed by atoms with E-state index in [1.54, 1.807) is 0 Å². The molecule has 1 aliphatic rings. The highest BCUT2D eigenvalue weighted by Crippen LogP contribution is 2.15. The summed E-state index contributed by atoms with van der Waals surface area (Å²) < 4.78 is 18.8. The molecule has 0 radical (unpaired) electrons. The summed E-state index contributed by atoms with van der Waals surface area (Å²) in [5, 5.41) is 5.76. The molecule has 0 atom stereocenters. The van der Waals surface area contributed by atoms with Gasteiger partial charge < -0.3 is 20.3 Å². The van der Waals surface area contributed by atoms with E-state index in [9.17, 15) is 9.18 Å². The van der Waals surface area contributed by atoms with Gasteiger partial charge in [-0.25, -0.2) is 14.4 Å². The van der Waals surface area contributed by atoms with Gasteiger partial charge in [-0.15, -0.1) is 0 Å². The zero-order chi connectivity index (χ0) is 17.5. The third kappa shape index (κ3) is 4.60. The van der Waals surface area contributed by atoms with Crippen LogP contribution in [0, 0.1) is 5.82 Å². The summed E-state index contributed by atoms with van der Waals surface area (Å²) in [5.41, 5.74) is -0.0216. The zero-order valence-electron chi connectivity index (χ0n) is 13.6. The second-order valence-corrected chi connectivity index (χ2v) is 5.40. The van der Waals surface area contributed by atoms with E-state index in [2.05, 4.69) is 30.5 Å². The van der Waals surface area contributed by atoms with E-state index in [1.807, 2.05) is 6.07 Å². The third-order valence-corrected chi connectivity index (χ3v) is 3.72. The van der Waals surface area contributed by atoms with Crippen molar-refractivity contribution in [3.8, 4) is 0 Å². The molecule has 0 saturated carbocycles. The number of carbonyl (C=O) groups is 1. The highest BCUT2D eigenvalue weighted by atomic mass is 19.1. The number of nitrogens with zero attached hydrogens (tertiary/aromatic N) is 4. The lowest BCUT2D eigenvalue weighted by Crippen LogP contribution is -2.36. The van der Waals surface area contributed by atoms with Crippen LogP contribution < -0.4 is 15.5 Å². The fourth-order valence-electron chi connectivity index (χ4n) is 2.43. The average molecular weight is 346 g/mol. The smallest absolute Gasteiger partial charge is 0.254 e. The molecular weight excluding hydrogens is 327 g/mol. The second kappa shape index (κ2) is 8.34. The molecule has 2 aromatic rings. The van der Waals surface area contributed by atoms with Crippen molar-refractivity contribution in [2.45, 2.75) is 0 Å². The molecule has 25 heavy (non-hydrogen) atoms. The van der Waals surface area contributed by atoms with Gasteiger partial charge in [-0.2, -0.15) is 0 Å². The second-order valence-electron chi connectivity index (χ2n) is 5.40. The van der Waals surface area contributed by atoms with Crippen LogP contribution >= 0.6 is 0 Å². The SMILES string of the molecule is O=C(NCCNc1cc(N2CCOCC2)ncn1)c1ccncc1F. The molecule has 1 saturated heterocycles. The molecule has 1 fully saturated rings. The van der Waals surface area contributed by atoms with Crippen LogP contribution in [0.15, 0.2) is 30.9 Å². The number of amides is 1. The number of anilines is 2. The van der Waals surface area contributed by atoms with E-state index in [4.69, 9.17) is 4.74 Å². The van der Waals surface area contributed by atoms with Crippen LogP contribution in [0.25, 0.3) is 0 Å². The van der Waals surface area contributed by atoms with Crippen LogP contribution in [0.5, 0.6) is 0 Å². The molecule has 132 valence electrons. The molecular formula is C16H19FN6O2. The number of nitrogens with one attached hydrogen (secondary N) is 2. The molecule has 2 N–H and O–H groups in total. The van der Waals surface area contributed by atoms with Crippen LogP contribution in [-0.2, 0) is 4.74 Å². The monoisotopic (exact) mass is 346 g/mol. The summed E-state index contributed by atoms with van der Waals surface area (Å²) in [6.07, 6.45) is 3.89. The lowest BCUT2D eigenvalue weighted by molar-refractivity contribution is 0.0951. The van der Waals surface area contributed by atoms with Gasteiger partial charge in [0.25, 0.3) is 5.91 Å². The van der Waals surface area contributed by atoms with Crippen LogP contribution in [0.1, 0.15) is 10.4 Å². The normalized spacial score (nSPS) is 14.2. The van der Waals surface area contributed by atoms with Crippen molar-refractivity contribution in [3.05, 3.63) is 42.2 Å². The minimum atomic E-state index is -0.640. The molecule has 1 aliphatic heterocycles. The Balaban J connectivity index is 1.47. The molecule has 0 unspecified atom stereocenters. The van der Waals surface area contributed by atoms with Gasteiger partial charge in [0.1, 0.15) is 18.0 Å². The molecule has 0 bridgehead atoms. The predicted octanol–water partition coefficient (Wildman–Crippen LogP) is 0.689. The molecule has 2 aromatic heterocycles. The Morgan fingerprint density at radius 1 is 1.28 bits per heavy atom. The predicted molar refractivity (Wildman–Crippen MR) is 90.1 cm³/mol. The largest absolute Gasteiger partial charge is 0.378 e. The van der Waals surface area contributed by atoms with Gasteiger partial charge in [0.05, 0.1) is 25.0 Å². The van der Waals surface area contributed by atoms with E-state index >= 15 is 0 Å². The number of hydrogen-bond acceptors (Lipinski definition) is 7. The first-order chi connectivity index (χ1) is 12.2. The Hall–Kier alpha value is -2.81. The molecule has 0 aliphatic carbocycles. The van der Waals surface area contributed by atoms with Gasteiger partial charge in [0.2, 0.25) is 0 Å². The first-order valence-electron chi connectivity index (χ1n) is 8.00. The Bertz CT molecular complexity index is 723. The molecule has 0 aromatic carbocycles. The van der Waals surface area contributed by atoms with E-state index in [-0.39, 0.29) is 5.56 Å². The lowest BCUT2D eigenvalue weighted by Gasteiger charge is -2.27. The Kier molecular flexibility index (Phi) is 5.68. The number of hydrogen-bond donors (Lipinski definition) is 2. The summed E-state index contributed by atoms with van der Waals surface area (Å²) in [6, 6.07) is 3.20. The Labute approximate surface area is 144 Å². The van der Waals surface area contributed by atoms with E-state index < -0.39 is 11.7 Å². The van der Waals surface area contributed by atoms with Crippen molar-refractivity contribution in [1.82, 2.24) is 20.3 Å². The summed E-state index contributed by atoms with van der Waals surface area (Å²) in [7, 11) is 0. The minimum Gasteiger partial charge on any atom is -0.378 e. The first kappa shape index (κ1) is 17.0. The van der Waals surface area contributed by atoms with Crippen molar-refractivity contribution in [2.75, 3.05) is 49.6 Å². The summed E-state index contributed by atoms with van der Waals surface area (Å²) in [5.74, 6) is 0.391. The molecule has 1 amide bonds. The van der Waals surface area contributed by atoms with E-state index in [1.165, 1.54) is 18.6 Å². The third-order valence-electron chi connectivity index (χ3n) is 3.72. The highest BCUT2D eigenvalue weighted by molar-refractivity contribution is 5.94. The van der Waals surface area contributed by atoms with Crippen LogP contribution in [0.3, 0.4) is 0 Å². The average Bonchev–Trinajstić information content (AvgIpc) is 2.66. The van der Waals surface area contributed by atoms with Gasteiger partial charge in [-0.05, 0) is 6.07 Å². The first-order valence-corrected chi connectivity index (χ1v) is 8.00. The minimum absolute atomic E-state index is 0.0216. The fraction of sp³-hybridized carbons (Fsp3) is 0.375. The van der Waals surface area contributed by atoms with Gasteiger partial charge >= 0.3 is 0 Å². The molecule has 3 heterocycles. The number of aromatic nitrogens is 3. The van der Waals surface area contributed by atoms with Crippen LogP contribution in [0.2, 0.25) is 0 Å². The quantitative estimate of drug-likeness (QED) is 0.744. The van der Waals surface area contributed by atoms with Crippen molar-refractivity contribution in [2.24, 2.45) is 0 Å². The van der Waals surface area contributed by atoms with Crippen molar-refractivity contribution < 1.29 is 13.9 Å². The molecule has 0 spiro atoms. The van der Waals surface area contributed by atoms with Crippen LogP contribution in [0.4, 0.5) is 16.0 Å². The molecule has 8 nitrogen and oxygen atoms in total. The Morgan fingerprint density at radius 2 is 2.12 bits per heavy atom. The number of pyridine rings is 1. The number of rotatable bonds is 6. The maximum atomic E-state index is 13.5. The maximum Gasteiger partial charge on any atom is 0.254 e. The van der Waals surface area contributed by atoms with Gasteiger partial charge in [-0.3, -0.25) is 9.78 Å². The lowest BCUT2D eigenvalue weighted by atomic mass is 10.2. The topological polar surface area (TPSA) is 92.3 Å². The summed E-state index contributed by atoms with van der Waals surface area (Å²) in [6.45, 7) is 3.75. The number of morpholine rings is 1. The summed E-state index contributed by atoms with van der Waals surface area (Å²) in [4.78, 5) is 26.1. The van der Waals surface area contributed by atoms with E-state index in [0.717, 1.165) is 25.1 Å². The van der Waals surface area contributed by atoms with Gasteiger partial charge in [0, 0.05) is 38.4 Å². The van der Waals surface area contributed by atoms with Gasteiger partial charge in [-0.1, -0.05) is 0 Å². The van der Waals surface area contributed by atoms with Crippen molar-refractivity contribution >= 4 is 17.5 Å². The van der Waals surface area contributed by atoms with Crippen molar-refractivity contribution in [1.29, 1.82) is 0 Å². The number of carbonyl (C=O) groups excluding carboxylic acids is 1. The van der Waals surface area contributed by atoms with Gasteiger partial charge in [0.15, 0.2) is 5.82 Å². The number of halogens is 1. The Morgan fingerprint density at radius 3 is 2.92 bits per heavy atom. The zero-order valence-corrected chi connectivity index (χ0v) is 13.6. The van der Waals surface area contributed by atoms with E-state index in [0.29, 0.717) is 32.1 Å². The maximum absolute atomic E-state index is 13.5.